The third-order valence-electron chi connectivity index (χ3n) is 4.20. The highest BCUT2D eigenvalue weighted by molar-refractivity contribution is 6.32. The highest BCUT2D eigenvalue weighted by Crippen LogP contribution is 2.25. The molecular formula is C24H28ClF3N2O5. The lowest BCUT2D eigenvalue weighted by Crippen LogP contribution is -2.40. The van der Waals surface area contributed by atoms with E-state index >= 15 is 0 Å². The number of aromatic nitrogens is 1. The van der Waals surface area contributed by atoms with Crippen LogP contribution in [0.3, 0.4) is 0 Å². The Morgan fingerprint density at radius 2 is 1.83 bits per heavy atom. The van der Waals surface area contributed by atoms with Crippen molar-refractivity contribution in [2.75, 3.05) is 33.4 Å². The number of alkyl halides is 3. The van der Waals surface area contributed by atoms with E-state index in [1.54, 1.807) is 19.2 Å². The first-order chi connectivity index (χ1) is 16.5. The van der Waals surface area contributed by atoms with Crippen molar-refractivity contribution in [3.8, 4) is 11.6 Å². The van der Waals surface area contributed by atoms with Crippen molar-refractivity contribution in [3.63, 3.8) is 0 Å². The average molecular weight is 517 g/mol. The number of esters is 1. The van der Waals surface area contributed by atoms with E-state index in [9.17, 15) is 22.8 Å². The molecule has 35 heavy (non-hydrogen) atoms. The number of benzene rings is 1. The number of halogens is 4. The first-order valence-corrected chi connectivity index (χ1v) is 10.9. The third kappa shape index (κ3) is 11.1. The summed E-state index contributed by atoms with van der Waals surface area (Å²) < 4.78 is 51.8. The Kier molecular flexibility index (Phi) is 12.6. The van der Waals surface area contributed by atoms with Crippen LogP contribution in [0.2, 0.25) is 5.02 Å². The zero-order chi connectivity index (χ0) is 26.4. The van der Waals surface area contributed by atoms with Gasteiger partial charge in [0.15, 0.2) is 0 Å². The molecule has 2 rings (SSSR count). The van der Waals surface area contributed by atoms with Crippen LogP contribution in [0.4, 0.5) is 13.2 Å². The average Bonchev–Trinajstić information content (AvgIpc) is 2.81. The lowest BCUT2D eigenvalue weighted by molar-refractivity contribution is -0.183. The van der Waals surface area contributed by atoms with Crippen LogP contribution in [0.1, 0.15) is 19.4 Å². The van der Waals surface area contributed by atoms with Gasteiger partial charge in [0.2, 0.25) is 5.88 Å². The predicted molar refractivity (Wildman–Crippen MR) is 125 cm³/mol. The fraction of sp³-hybridized carbons (Fsp3) is 0.375. The molecule has 0 unspecified atom stereocenters. The quantitative estimate of drug-likeness (QED) is 0.265. The smallest absolute Gasteiger partial charge is 0.471 e. The number of pyridine rings is 1. The van der Waals surface area contributed by atoms with Crippen LogP contribution >= 0.6 is 11.6 Å². The molecule has 0 spiro atoms. The number of hydrogen-bond acceptors (Lipinski definition) is 6. The number of allylic oxidation sites excluding steroid dienone is 1. The van der Waals surface area contributed by atoms with Gasteiger partial charge in [0.05, 0.1) is 23.7 Å². The lowest BCUT2D eigenvalue weighted by Gasteiger charge is -2.19. The Balaban J connectivity index is 0.000000351. The number of ether oxygens (including phenoxy) is 3. The second kappa shape index (κ2) is 14.9. The highest BCUT2D eigenvalue weighted by Gasteiger charge is 2.41. The number of aryl methyl sites for hydroxylation is 1. The van der Waals surface area contributed by atoms with E-state index in [2.05, 4.69) is 9.72 Å². The molecule has 0 bridgehead atoms. The van der Waals surface area contributed by atoms with Crippen LogP contribution in [-0.2, 0) is 14.3 Å². The van der Waals surface area contributed by atoms with E-state index in [-0.39, 0.29) is 12.2 Å². The van der Waals surface area contributed by atoms with Crippen LogP contribution in [0.25, 0.3) is 0 Å². The number of nitrogens with zero attached hydrogens (tertiary/aromatic N) is 2. The molecule has 0 saturated carbocycles. The van der Waals surface area contributed by atoms with E-state index in [0.29, 0.717) is 34.8 Å². The molecule has 192 valence electrons. The number of carbonyl (C=O) groups is 2. The van der Waals surface area contributed by atoms with Crippen molar-refractivity contribution >= 4 is 23.5 Å². The summed E-state index contributed by atoms with van der Waals surface area (Å²) in [6.07, 6.45) is -1.94. The number of amides is 1. The van der Waals surface area contributed by atoms with Gasteiger partial charge in [-0.1, -0.05) is 29.8 Å². The summed E-state index contributed by atoms with van der Waals surface area (Å²) in [6.45, 7) is 5.59. The van der Waals surface area contributed by atoms with Gasteiger partial charge in [0.25, 0.3) is 0 Å². The van der Waals surface area contributed by atoms with Crippen molar-refractivity contribution in [2.24, 2.45) is 0 Å². The molecule has 1 amide bonds. The fourth-order valence-corrected chi connectivity index (χ4v) is 2.78. The second-order valence-corrected chi connectivity index (χ2v) is 7.40. The number of likely N-dealkylation sites (N-methyl/N-ethyl adjacent to an activating group) is 1. The maximum absolute atomic E-state index is 12.1. The molecule has 1 aromatic heterocycles. The zero-order valence-electron chi connectivity index (χ0n) is 19.9. The van der Waals surface area contributed by atoms with Crippen LogP contribution in [-0.4, -0.2) is 61.3 Å². The monoisotopic (exact) mass is 516 g/mol. The third-order valence-corrected chi connectivity index (χ3v) is 4.49. The minimum atomic E-state index is -4.94. The van der Waals surface area contributed by atoms with Crippen molar-refractivity contribution in [2.45, 2.75) is 26.9 Å². The largest absolute Gasteiger partial charge is 0.488 e. The SMILES string of the molecule is C/C=C(\CN(C)C(=O)C(F)(F)F)C(=O)OCC.Cc1ccc(OCCOc2ccccn2)c(Cl)c1. The first-order valence-electron chi connectivity index (χ1n) is 10.6. The molecule has 0 N–H and O–H groups in total. The topological polar surface area (TPSA) is 78.0 Å². The van der Waals surface area contributed by atoms with Gasteiger partial charge in [-0.15, -0.1) is 0 Å². The van der Waals surface area contributed by atoms with E-state index in [1.807, 2.05) is 37.3 Å². The van der Waals surface area contributed by atoms with Gasteiger partial charge >= 0.3 is 18.1 Å². The van der Waals surface area contributed by atoms with Gasteiger partial charge < -0.3 is 19.1 Å². The Bertz CT molecular complexity index is 985. The molecule has 1 aromatic carbocycles. The number of rotatable bonds is 9. The van der Waals surface area contributed by atoms with Gasteiger partial charge in [-0.25, -0.2) is 9.78 Å². The number of carbonyl (C=O) groups excluding carboxylic acids is 2. The van der Waals surface area contributed by atoms with Crippen molar-refractivity contribution < 1.29 is 37.0 Å². The van der Waals surface area contributed by atoms with E-state index in [1.165, 1.54) is 13.0 Å². The van der Waals surface area contributed by atoms with Crippen molar-refractivity contribution in [1.82, 2.24) is 9.88 Å². The standard InChI is InChI=1S/C14H14ClNO2.C10H14F3NO3/c1-11-5-6-13(12(15)10-11)17-8-9-18-14-4-2-3-7-16-14;1-4-7(8(15)17-5-2)6-14(3)9(16)10(11,12)13/h2-7,10H,8-9H2,1H3;4H,5-6H2,1-3H3/b;7-4+. The van der Waals surface area contributed by atoms with Crippen LogP contribution in [0, 0.1) is 6.92 Å². The van der Waals surface area contributed by atoms with Crippen LogP contribution in [0.5, 0.6) is 11.6 Å². The Hall–Kier alpha value is -3.27. The maximum atomic E-state index is 12.1. The molecule has 0 radical (unpaired) electrons. The summed E-state index contributed by atoms with van der Waals surface area (Å²) in [6, 6.07) is 11.2. The zero-order valence-corrected chi connectivity index (χ0v) is 20.7. The number of hydrogen-bond donors (Lipinski definition) is 0. The summed E-state index contributed by atoms with van der Waals surface area (Å²) in [5.41, 5.74) is 1.11. The lowest BCUT2D eigenvalue weighted by atomic mass is 10.2. The summed E-state index contributed by atoms with van der Waals surface area (Å²) in [5, 5.41) is 0.618. The molecule has 0 saturated heterocycles. The van der Waals surface area contributed by atoms with Crippen LogP contribution < -0.4 is 9.47 Å². The molecule has 0 aliphatic carbocycles. The molecule has 0 aliphatic heterocycles. The molecular weight excluding hydrogens is 489 g/mol. The predicted octanol–water partition coefficient (Wildman–Crippen LogP) is 5.02. The maximum Gasteiger partial charge on any atom is 0.471 e. The minimum absolute atomic E-state index is 0.00644. The van der Waals surface area contributed by atoms with Crippen molar-refractivity contribution in [3.05, 3.63) is 64.8 Å². The van der Waals surface area contributed by atoms with Crippen molar-refractivity contribution in [1.29, 1.82) is 0 Å². The summed E-state index contributed by atoms with van der Waals surface area (Å²) >= 11 is 6.05. The van der Waals surface area contributed by atoms with E-state index in [0.717, 1.165) is 12.6 Å². The molecule has 11 heteroatoms. The molecule has 7 nitrogen and oxygen atoms in total. The molecule has 0 aliphatic rings. The Labute approximate surface area is 207 Å². The highest BCUT2D eigenvalue weighted by atomic mass is 35.5. The normalized spacial score (nSPS) is 11.1. The fourth-order valence-electron chi connectivity index (χ4n) is 2.49. The summed E-state index contributed by atoms with van der Waals surface area (Å²) in [5.74, 6) is -1.46. The van der Waals surface area contributed by atoms with E-state index in [4.69, 9.17) is 21.1 Å². The molecule has 0 atom stereocenters. The van der Waals surface area contributed by atoms with Crippen LogP contribution in [0.15, 0.2) is 54.2 Å². The van der Waals surface area contributed by atoms with Gasteiger partial charge in [-0.05, 0) is 44.5 Å². The van der Waals surface area contributed by atoms with Gasteiger partial charge in [-0.2, -0.15) is 13.2 Å². The summed E-state index contributed by atoms with van der Waals surface area (Å²) in [4.78, 5) is 26.6. The molecule has 0 fully saturated rings. The second-order valence-electron chi connectivity index (χ2n) is 6.99. The molecule has 1 heterocycles. The Morgan fingerprint density at radius 3 is 2.37 bits per heavy atom. The summed E-state index contributed by atoms with van der Waals surface area (Å²) in [7, 11) is 0.971. The van der Waals surface area contributed by atoms with E-state index < -0.39 is 24.6 Å². The van der Waals surface area contributed by atoms with Gasteiger partial charge in [-0.3, -0.25) is 4.79 Å². The first kappa shape index (κ1) is 29.8. The molecule has 2 aromatic rings. The van der Waals surface area contributed by atoms with Gasteiger partial charge in [0, 0.05) is 19.3 Å². The Morgan fingerprint density at radius 1 is 1.14 bits per heavy atom. The van der Waals surface area contributed by atoms with Gasteiger partial charge in [0.1, 0.15) is 19.0 Å². The minimum Gasteiger partial charge on any atom is -0.488 e.